The van der Waals surface area contributed by atoms with Crippen LogP contribution in [0.3, 0.4) is 0 Å². The second-order valence-corrected chi connectivity index (χ2v) is 18.5. The summed E-state index contributed by atoms with van der Waals surface area (Å²) in [7, 11) is 0. The summed E-state index contributed by atoms with van der Waals surface area (Å²) < 4.78 is 17.5. The Morgan fingerprint density at radius 3 is 1.16 bits per heavy atom. The van der Waals surface area contributed by atoms with Crippen LogP contribution in [0.1, 0.15) is 290 Å². The van der Waals surface area contributed by atoms with Gasteiger partial charge in [-0.25, -0.2) is 0 Å². The van der Waals surface area contributed by atoms with Gasteiger partial charge in [-0.15, -0.1) is 0 Å². The molecule has 0 fully saturated rings. The molecular formula is C57H106O5. The van der Waals surface area contributed by atoms with Crippen molar-refractivity contribution in [3.8, 4) is 0 Å². The average molecular weight is 871 g/mol. The van der Waals surface area contributed by atoms with Gasteiger partial charge >= 0.3 is 11.9 Å². The molecular weight excluding hydrogens is 765 g/mol. The van der Waals surface area contributed by atoms with E-state index in [1.54, 1.807) is 0 Å². The van der Waals surface area contributed by atoms with Crippen LogP contribution in [-0.2, 0) is 23.8 Å². The van der Waals surface area contributed by atoms with Gasteiger partial charge in [-0.1, -0.05) is 263 Å². The first kappa shape index (κ1) is 60.1. The predicted molar refractivity (Wildman–Crippen MR) is 270 cm³/mol. The van der Waals surface area contributed by atoms with Gasteiger partial charge in [-0.3, -0.25) is 9.59 Å². The molecule has 0 saturated heterocycles. The monoisotopic (exact) mass is 871 g/mol. The molecule has 0 amide bonds. The van der Waals surface area contributed by atoms with E-state index in [-0.39, 0.29) is 25.2 Å². The maximum Gasteiger partial charge on any atom is 0.306 e. The van der Waals surface area contributed by atoms with E-state index in [1.807, 2.05) is 0 Å². The van der Waals surface area contributed by atoms with E-state index >= 15 is 0 Å². The zero-order valence-corrected chi connectivity index (χ0v) is 41.9. The first-order chi connectivity index (χ1) is 30.6. The third-order valence-electron chi connectivity index (χ3n) is 12.2. The molecule has 0 radical (unpaired) electrons. The number of allylic oxidation sites excluding steroid dienone is 6. The van der Waals surface area contributed by atoms with Crippen LogP contribution < -0.4 is 0 Å². The minimum atomic E-state index is -0.537. The molecule has 364 valence electrons. The second-order valence-electron chi connectivity index (χ2n) is 18.5. The van der Waals surface area contributed by atoms with Crippen LogP contribution in [0, 0.1) is 0 Å². The third-order valence-corrected chi connectivity index (χ3v) is 12.2. The lowest BCUT2D eigenvalue weighted by Gasteiger charge is -2.18. The minimum absolute atomic E-state index is 0.0865. The Hall–Kier alpha value is -1.88. The number of rotatable bonds is 51. The van der Waals surface area contributed by atoms with Crippen molar-refractivity contribution in [1.29, 1.82) is 0 Å². The molecule has 0 N–H and O–H groups in total. The lowest BCUT2D eigenvalue weighted by atomic mass is 10.0. The van der Waals surface area contributed by atoms with Gasteiger partial charge in [0.1, 0.15) is 6.61 Å². The van der Waals surface area contributed by atoms with Crippen molar-refractivity contribution >= 4 is 11.9 Å². The fourth-order valence-corrected chi connectivity index (χ4v) is 8.12. The topological polar surface area (TPSA) is 61.8 Å². The highest BCUT2D eigenvalue weighted by molar-refractivity contribution is 5.70. The molecule has 0 aromatic rings. The van der Waals surface area contributed by atoms with Gasteiger partial charge in [-0.05, 0) is 51.4 Å². The number of carbonyl (C=O) groups is 2. The SMILES string of the molecule is CC/C=C\C/C=C\C/C=C\CCCCCCCCOCC(COC(=O)CCCCCCCCCCCCCCCCC)OC(=O)CCCCCCCCCCCCCCCCC. The lowest BCUT2D eigenvalue weighted by Crippen LogP contribution is -2.30. The molecule has 0 aliphatic heterocycles. The van der Waals surface area contributed by atoms with Crippen molar-refractivity contribution in [2.75, 3.05) is 19.8 Å². The molecule has 5 heteroatoms. The van der Waals surface area contributed by atoms with Crippen molar-refractivity contribution in [1.82, 2.24) is 0 Å². The van der Waals surface area contributed by atoms with Gasteiger partial charge in [0.05, 0.1) is 6.61 Å². The highest BCUT2D eigenvalue weighted by Gasteiger charge is 2.17. The van der Waals surface area contributed by atoms with Gasteiger partial charge in [0, 0.05) is 19.4 Å². The molecule has 5 nitrogen and oxygen atoms in total. The fraction of sp³-hybridized carbons (Fsp3) is 0.860. The molecule has 0 heterocycles. The largest absolute Gasteiger partial charge is 0.462 e. The molecule has 0 bridgehead atoms. The normalized spacial score (nSPS) is 12.4. The van der Waals surface area contributed by atoms with Crippen LogP contribution in [-0.4, -0.2) is 37.9 Å². The van der Waals surface area contributed by atoms with Crippen molar-refractivity contribution in [2.45, 2.75) is 297 Å². The first-order valence-electron chi connectivity index (χ1n) is 27.5. The van der Waals surface area contributed by atoms with Crippen LogP contribution in [0.15, 0.2) is 36.5 Å². The Morgan fingerprint density at radius 2 is 0.726 bits per heavy atom. The Kier molecular flexibility index (Phi) is 51.8. The Bertz CT molecular complexity index is 986. The van der Waals surface area contributed by atoms with Gasteiger partial charge in [0.2, 0.25) is 0 Å². The number of ether oxygens (including phenoxy) is 3. The quantitative estimate of drug-likeness (QED) is 0.0346. The van der Waals surface area contributed by atoms with Crippen LogP contribution in [0.2, 0.25) is 0 Å². The zero-order chi connectivity index (χ0) is 44.9. The summed E-state index contributed by atoms with van der Waals surface area (Å²) in [4.78, 5) is 25.5. The van der Waals surface area contributed by atoms with Gasteiger partial charge in [-0.2, -0.15) is 0 Å². The van der Waals surface area contributed by atoms with E-state index in [0.717, 1.165) is 64.2 Å². The minimum Gasteiger partial charge on any atom is -0.462 e. The Labute approximate surface area is 387 Å². The maximum atomic E-state index is 12.8. The van der Waals surface area contributed by atoms with Crippen molar-refractivity contribution in [3.63, 3.8) is 0 Å². The van der Waals surface area contributed by atoms with Crippen LogP contribution in [0.5, 0.6) is 0 Å². The third kappa shape index (κ3) is 50.8. The van der Waals surface area contributed by atoms with E-state index in [0.29, 0.717) is 19.4 Å². The number of carbonyl (C=O) groups excluding carboxylic acids is 2. The summed E-state index contributed by atoms with van der Waals surface area (Å²) in [5, 5.41) is 0. The number of unbranched alkanes of at least 4 members (excludes halogenated alkanes) is 34. The Morgan fingerprint density at radius 1 is 0.371 bits per heavy atom. The number of hydrogen-bond donors (Lipinski definition) is 0. The number of esters is 2. The van der Waals surface area contributed by atoms with Crippen molar-refractivity contribution in [2.24, 2.45) is 0 Å². The molecule has 0 aromatic heterocycles. The van der Waals surface area contributed by atoms with Crippen molar-refractivity contribution < 1.29 is 23.8 Å². The summed E-state index contributed by atoms with van der Waals surface area (Å²) in [5.41, 5.74) is 0. The zero-order valence-electron chi connectivity index (χ0n) is 41.9. The van der Waals surface area contributed by atoms with E-state index < -0.39 is 6.10 Å². The average Bonchev–Trinajstić information content (AvgIpc) is 3.27. The highest BCUT2D eigenvalue weighted by Crippen LogP contribution is 2.16. The van der Waals surface area contributed by atoms with Gasteiger partial charge in [0.15, 0.2) is 6.10 Å². The summed E-state index contributed by atoms with van der Waals surface area (Å²) in [6.45, 7) is 7.75. The fourth-order valence-electron chi connectivity index (χ4n) is 8.12. The summed E-state index contributed by atoms with van der Waals surface area (Å²) in [6.07, 6.45) is 64.4. The van der Waals surface area contributed by atoms with Crippen molar-refractivity contribution in [3.05, 3.63) is 36.5 Å². The summed E-state index contributed by atoms with van der Waals surface area (Å²) in [6, 6.07) is 0. The number of hydrogen-bond acceptors (Lipinski definition) is 5. The van der Waals surface area contributed by atoms with Crippen LogP contribution >= 0.6 is 0 Å². The van der Waals surface area contributed by atoms with E-state index in [2.05, 4.69) is 57.2 Å². The molecule has 0 aliphatic carbocycles. The molecule has 0 spiro atoms. The standard InChI is InChI=1S/C57H106O5/c1-4-7-10-13-16-19-22-25-28-31-34-37-40-43-46-49-52-60-53-55(62-57(59)51-48-45-42-39-36-33-30-27-24-21-18-15-12-9-6-3)54-61-56(58)50-47-44-41-38-35-32-29-26-23-20-17-14-11-8-5-2/h7,10,16,19,25,28,55H,4-6,8-9,11-15,17-18,20-24,26-27,29-54H2,1-3H3/b10-7-,19-16-,28-25-. The summed E-state index contributed by atoms with van der Waals surface area (Å²) >= 11 is 0. The molecule has 0 aromatic carbocycles. The van der Waals surface area contributed by atoms with E-state index in [1.165, 1.54) is 193 Å². The second kappa shape index (κ2) is 53.5. The maximum absolute atomic E-state index is 12.8. The molecule has 0 rings (SSSR count). The first-order valence-corrected chi connectivity index (χ1v) is 27.5. The summed E-state index contributed by atoms with van der Waals surface area (Å²) in [5.74, 6) is -0.385. The lowest BCUT2D eigenvalue weighted by molar-refractivity contribution is -0.163. The van der Waals surface area contributed by atoms with Crippen LogP contribution in [0.4, 0.5) is 0 Å². The van der Waals surface area contributed by atoms with Gasteiger partial charge < -0.3 is 14.2 Å². The van der Waals surface area contributed by atoms with Gasteiger partial charge in [0.25, 0.3) is 0 Å². The molecule has 62 heavy (non-hydrogen) atoms. The Balaban J connectivity index is 4.25. The van der Waals surface area contributed by atoms with E-state index in [9.17, 15) is 9.59 Å². The molecule has 1 atom stereocenters. The predicted octanol–water partition coefficient (Wildman–Crippen LogP) is 18.6. The highest BCUT2D eigenvalue weighted by atomic mass is 16.6. The molecule has 0 saturated carbocycles. The van der Waals surface area contributed by atoms with Crippen LogP contribution in [0.25, 0.3) is 0 Å². The smallest absolute Gasteiger partial charge is 0.306 e. The van der Waals surface area contributed by atoms with E-state index in [4.69, 9.17) is 14.2 Å². The molecule has 1 unspecified atom stereocenters. The molecule has 0 aliphatic rings.